The van der Waals surface area contributed by atoms with Gasteiger partial charge < -0.3 is 15.8 Å². The number of benzene rings is 1. The molecule has 1 fully saturated rings. The van der Waals surface area contributed by atoms with E-state index < -0.39 is 0 Å². The number of likely N-dealkylation sites (N-methyl/N-ethyl adjacent to an activating group) is 1. The minimum atomic E-state index is 0.0376. The summed E-state index contributed by atoms with van der Waals surface area (Å²) >= 11 is 0. The maximum absolute atomic E-state index is 11.8. The fourth-order valence-corrected chi connectivity index (χ4v) is 2.78. The molecule has 5 nitrogen and oxygen atoms in total. The predicted molar refractivity (Wildman–Crippen MR) is 83.1 cm³/mol. The average Bonchev–Trinajstić information content (AvgIpc) is 2.99. The first-order chi connectivity index (χ1) is 10.2. The Morgan fingerprint density at radius 3 is 3.14 bits per heavy atom. The third-order valence-corrected chi connectivity index (χ3v) is 3.91. The maximum atomic E-state index is 11.8. The zero-order chi connectivity index (χ0) is 15.1. The second-order valence-corrected chi connectivity index (χ2v) is 5.36. The molecule has 1 atom stereocenters. The number of likely N-dealkylation sites (tertiary alicyclic amines) is 1. The summed E-state index contributed by atoms with van der Waals surface area (Å²) in [5.74, 6) is 0.992. The average molecular weight is 291 g/mol. The lowest BCUT2D eigenvalue weighted by Gasteiger charge is -2.22. The number of carbonyl (C=O) groups is 1. The second kappa shape index (κ2) is 8.00. The summed E-state index contributed by atoms with van der Waals surface area (Å²) in [7, 11) is 1.70. The van der Waals surface area contributed by atoms with Crippen LogP contribution in [0.5, 0.6) is 5.75 Å². The number of amides is 1. The van der Waals surface area contributed by atoms with E-state index in [4.69, 9.17) is 10.5 Å². The number of hydrogen-bond acceptors (Lipinski definition) is 4. The smallest absolute Gasteiger partial charge is 0.237 e. The Balaban J connectivity index is 1.72. The predicted octanol–water partition coefficient (Wildman–Crippen LogP) is 1.12. The quantitative estimate of drug-likeness (QED) is 0.739. The summed E-state index contributed by atoms with van der Waals surface area (Å²) in [5, 5.41) is 2.74. The summed E-state index contributed by atoms with van der Waals surface area (Å²) in [6.45, 7) is 3.08. The topological polar surface area (TPSA) is 67.6 Å². The lowest BCUT2D eigenvalue weighted by molar-refractivity contribution is -0.125. The van der Waals surface area contributed by atoms with Gasteiger partial charge in [-0.05, 0) is 43.5 Å². The van der Waals surface area contributed by atoms with E-state index >= 15 is 0 Å². The largest absolute Gasteiger partial charge is 0.494 e. The lowest BCUT2D eigenvalue weighted by Crippen LogP contribution is -2.42. The van der Waals surface area contributed by atoms with Crippen LogP contribution in [0.2, 0.25) is 0 Å². The van der Waals surface area contributed by atoms with Crippen molar-refractivity contribution in [3.63, 3.8) is 0 Å². The van der Waals surface area contributed by atoms with E-state index in [1.807, 2.05) is 24.3 Å². The molecule has 3 N–H and O–H groups in total. The number of rotatable bonds is 7. The van der Waals surface area contributed by atoms with E-state index in [1.54, 1.807) is 7.05 Å². The molecule has 1 aromatic carbocycles. The van der Waals surface area contributed by atoms with Gasteiger partial charge in [-0.1, -0.05) is 12.1 Å². The molecule has 0 bridgehead atoms. The number of nitrogens with one attached hydrogen (secondary N) is 1. The van der Waals surface area contributed by atoms with Gasteiger partial charge in [0.25, 0.3) is 0 Å². The van der Waals surface area contributed by atoms with E-state index in [9.17, 15) is 4.79 Å². The molecule has 5 heteroatoms. The van der Waals surface area contributed by atoms with Gasteiger partial charge in [0.15, 0.2) is 0 Å². The Bertz CT molecular complexity index is 465. The molecule has 116 valence electrons. The molecule has 1 aliphatic rings. The minimum Gasteiger partial charge on any atom is -0.494 e. The van der Waals surface area contributed by atoms with Crippen LogP contribution in [0.15, 0.2) is 24.3 Å². The van der Waals surface area contributed by atoms with Crippen LogP contribution in [0.1, 0.15) is 24.8 Å². The SMILES string of the molecule is CNC(=O)C1CCCN1CCCOc1cccc(CN)c1. The van der Waals surface area contributed by atoms with Gasteiger partial charge in [0.1, 0.15) is 5.75 Å². The number of hydrogen-bond donors (Lipinski definition) is 2. The van der Waals surface area contributed by atoms with Gasteiger partial charge in [0, 0.05) is 20.1 Å². The summed E-state index contributed by atoms with van der Waals surface area (Å²) in [6, 6.07) is 7.91. The molecule has 1 aromatic rings. The number of nitrogens with two attached hydrogens (primary N) is 1. The van der Waals surface area contributed by atoms with Crippen molar-refractivity contribution in [1.82, 2.24) is 10.2 Å². The fraction of sp³-hybridized carbons (Fsp3) is 0.562. The summed E-state index contributed by atoms with van der Waals surface area (Å²) in [4.78, 5) is 14.0. The minimum absolute atomic E-state index is 0.0376. The Hall–Kier alpha value is -1.59. The van der Waals surface area contributed by atoms with Crippen LogP contribution in [0.25, 0.3) is 0 Å². The monoisotopic (exact) mass is 291 g/mol. The molecule has 21 heavy (non-hydrogen) atoms. The first kappa shape index (κ1) is 15.8. The molecule has 1 saturated heterocycles. The van der Waals surface area contributed by atoms with Crippen molar-refractivity contribution in [3.05, 3.63) is 29.8 Å². The molecular formula is C16H25N3O2. The molecule has 0 aromatic heterocycles. The van der Waals surface area contributed by atoms with Crippen molar-refractivity contribution < 1.29 is 9.53 Å². The standard InChI is InChI=1S/C16H25N3O2/c1-18-16(20)15-7-3-8-19(15)9-4-10-21-14-6-2-5-13(11-14)12-17/h2,5-6,11,15H,3-4,7-10,12,17H2,1H3,(H,18,20). The molecule has 2 rings (SSSR count). The van der Waals surface area contributed by atoms with Crippen LogP contribution < -0.4 is 15.8 Å². The van der Waals surface area contributed by atoms with Crippen LogP contribution in [-0.2, 0) is 11.3 Å². The number of nitrogens with zero attached hydrogens (tertiary/aromatic N) is 1. The summed E-state index contributed by atoms with van der Waals surface area (Å²) in [5.41, 5.74) is 6.69. The van der Waals surface area contributed by atoms with Crippen molar-refractivity contribution in [1.29, 1.82) is 0 Å². The van der Waals surface area contributed by atoms with Gasteiger partial charge in [0.05, 0.1) is 12.6 Å². The molecule has 0 aliphatic carbocycles. The Labute approximate surface area is 126 Å². The fourth-order valence-electron chi connectivity index (χ4n) is 2.78. The molecule has 0 spiro atoms. The van der Waals surface area contributed by atoms with Gasteiger partial charge in [-0.25, -0.2) is 0 Å². The van der Waals surface area contributed by atoms with Crippen LogP contribution >= 0.6 is 0 Å². The molecule has 1 heterocycles. The van der Waals surface area contributed by atoms with Gasteiger partial charge in [-0.3, -0.25) is 9.69 Å². The Morgan fingerprint density at radius 2 is 2.38 bits per heavy atom. The highest BCUT2D eigenvalue weighted by atomic mass is 16.5. The maximum Gasteiger partial charge on any atom is 0.237 e. The van der Waals surface area contributed by atoms with Crippen LogP contribution in [0.3, 0.4) is 0 Å². The third kappa shape index (κ3) is 4.44. The summed E-state index contributed by atoms with van der Waals surface area (Å²) in [6.07, 6.45) is 2.97. The van der Waals surface area contributed by atoms with Crippen molar-refractivity contribution in [3.8, 4) is 5.75 Å². The number of ether oxygens (including phenoxy) is 1. The number of carbonyl (C=O) groups excluding carboxylic acids is 1. The molecule has 1 amide bonds. The zero-order valence-electron chi connectivity index (χ0n) is 12.7. The van der Waals surface area contributed by atoms with Gasteiger partial charge >= 0.3 is 0 Å². The van der Waals surface area contributed by atoms with Crippen molar-refractivity contribution in [2.45, 2.75) is 31.8 Å². The van der Waals surface area contributed by atoms with Crippen LogP contribution in [-0.4, -0.2) is 43.6 Å². The Kier molecular flexibility index (Phi) is 6.02. The van der Waals surface area contributed by atoms with E-state index in [2.05, 4.69) is 10.2 Å². The highest BCUT2D eigenvalue weighted by molar-refractivity contribution is 5.81. The molecule has 0 radical (unpaired) electrons. The van der Waals surface area contributed by atoms with Gasteiger partial charge in [0.2, 0.25) is 5.91 Å². The molecule has 1 unspecified atom stereocenters. The molecule has 1 aliphatic heterocycles. The third-order valence-electron chi connectivity index (χ3n) is 3.91. The van der Waals surface area contributed by atoms with Gasteiger partial charge in [-0.15, -0.1) is 0 Å². The summed E-state index contributed by atoms with van der Waals surface area (Å²) < 4.78 is 5.75. The van der Waals surface area contributed by atoms with E-state index in [-0.39, 0.29) is 11.9 Å². The van der Waals surface area contributed by atoms with Crippen molar-refractivity contribution >= 4 is 5.91 Å². The van der Waals surface area contributed by atoms with E-state index in [0.717, 1.165) is 43.7 Å². The second-order valence-electron chi connectivity index (χ2n) is 5.36. The first-order valence-corrected chi connectivity index (χ1v) is 7.62. The van der Waals surface area contributed by atoms with Gasteiger partial charge in [-0.2, -0.15) is 0 Å². The molecule has 0 saturated carbocycles. The van der Waals surface area contributed by atoms with Crippen molar-refractivity contribution in [2.24, 2.45) is 5.73 Å². The van der Waals surface area contributed by atoms with Crippen LogP contribution in [0, 0.1) is 0 Å². The van der Waals surface area contributed by atoms with Crippen LogP contribution in [0.4, 0.5) is 0 Å². The lowest BCUT2D eigenvalue weighted by atomic mass is 10.2. The normalized spacial score (nSPS) is 18.7. The van der Waals surface area contributed by atoms with E-state index in [0.29, 0.717) is 13.2 Å². The first-order valence-electron chi connectivity index (χ1n) is 7.62. The Morgan fingerprint density at radius 1 is 1.52 bits per heavy atom. The highest BCUT2D eigenvalue weighted by Crippen LogP contribution is 2.18. The molecular weight excluding hydrogens is 266 g/mol. The highest BCUT2D eigenvalue weighted by Gasteiger charge is 2.29. The zero-order valence-corrected chi connectivity index (χ0v) is 12.7. The van der Waals surface area contributed by atoms with E-state index in [1.165, 1.54) is 0 Å². The van der Waals surface area contributed by atoms with Crippen molar-refractivity contribution in [2.75, 3.05) is 26.7 Å².